The first kappa shape index (κ1) is 18.4. The number of piperidine rings is 1. The number of fused-ring (bicyclic) bond motifs is 1. The first-order valence-corrected chi connectivity index (χ1v) is 10.6. The van der Waals surface area contributed by atoms with Gasteiger partial charge in [-0.15, -0.1) is 10.2 Å². The highest BCUT2D eigenvalue weighted by Gasteiger charge is 2.29. The molecular formula is C20H31N5O2. The summed E-state index contributed by atoms with van der Waals surface area (Å²) < 4.78 is 2.25. The van der Waals surface area contributed by atoms with Crippen LogP contribution in [0.4, 0.5) is 0 Å². The van der Waals surface area contributed by atoms with Gasteiger partial charge in [-0.05, 0) is 31.6 Å². The number of amides is 2. The van der Waals surface area contributed by atoms with Gasteiger partial charge in [0.15, 0.2) is 0 Å². The molecule has 0 spiro atoms. The fraction of sp³-hybridized carbons (Fsp3) is 0.800. The smallest absolute Gasteiger partial charge is 0.222 e. The molecule has 3 aliphatic rings. The standard InChI is InChI=1S/C20H31N5O2/c1-15(26)23-9-6-17(7-10-23)20-22-21-18-8-11-24(12-13-25(18)20)19(27)14-16-4-2-3-5-16/h16-17H,2-14H2,1H3. The predicted octanol–water partition coefficient (Wildman–Crippen LogP) is 1.97. The second kappa shape index (κ2) is 7.98. The van der Waals surface area contributed by atoms with Crippen molar-refractivity contribution in [3.8, 4) is 0 Å². The Bertz CT molecular complexity index is 687. The molecule has 1 aromatic heterocycles. The number of nitrogens with zero attached hydrogens (tertiary/aromatic N) is 5. The minimum atomic E-state index is 0.157. The monoisotopic (exact) mass is 373 g/mol. The number of hydrogen-bond donors (Lipinski definition) is 0. The van der Waals surface area contributed by atoms with Gasteiger partial charge in [-0.2, -0.15) is 0 Å². The van der Waals surface area contributed by atoms with Crippen LogP contribution in [-0.2, 0) is 22.6 Å². The second-order valence-electron chi connectivity index (χ2n) is 8.39. The highest BCUT2D eigenvalue weighted by atomic mass is 16.2. The minimum Gasteiger partial charge on any atom is -0.343 e. The Labute approximate surface area is 161 Å². The van der Waals surface area contributed by atoms with Gasteiger partial charge in [-0.25, -0.2) is 0 Å². The van der Waals surface area contributed by atoms with Crippen molar-refractivity contribution in [2.24, 2.45) is 5.92 Å². The summed E-state index contributed by atoms with van der Waals surface area (Å²) in [6.07, 6.45) is 8.40. The zero-order valence-corrected chi connectivity index (χ0v) is 16.4. The van der Waals surface area contributed by atoms with Crippen molar-refractivity contribution in [3.63, 3.8) is 0 Å². The summed E-state index contributed by atoms with van der Waals surface area (Å²) in [5.74, 6) is 3.50. The minimum absolute atomic E-state index is 0.157. The van der Waals surface area contributed by atoms with E-state index in [0.717, 1.165) is 70.1 Å². The van der Waals surface area contributed by atoms with Crippen LogP contribution in [-0.4, -0.2) is 62.6 Å². The lowest BCUT2D eigenvalue weighted by Gasteiger charge is -2.31. The van der Waals surface area contributed by atoms with E-state index < -0.39 is 0 Å². The summed E-state index contributed by atoms with van der Waals surface area (Å²) in [6.45, 7) is 5.55. The third-order valence-electron chi connectivity index (χ3n) is 6.65. The van der Waals surface area contributed by atoms with E-state index in [9.17, 15) is 9.59 Å². The first-order valence-electron chi connectivity index (χ1n) is 10.6. The van der Waals surface area contributed by atoms with E-state index in [1.54, 1.807) is 6.92 Å². The van der Waals surface area contributed by atoms with Crippen molar-refractivity contribution in [3.05, 3.63) is 11.6 Å². The first-order chi connectivity index (χ1) is 13.1. The van der Waals surface area contributed by atoms with Gasteiger partial charge in [0.2, 0.25) is 11.8 Å². The summed E-state index contributed by atoms with van der Waals surface area (Å²) in [4.78, 5) is 28.2. The Balaban J connectivity index is 1.37. The quantitative estimate of drug-likeness (QED) is 0.812. The van der Waals surface area contributed by atoms with Crippen LogP contribution in [0.3, 0.4) is 0 Å². The van der Waals surface area contributed by atoms with E-state index >= 15 is 0 Å². The molecule has 0 atom stereocenters. The molecule has 1 aliphatic carbocycles. The molecule has 3 heterocycles. The summed E-state index contributed by atoms with van der Waals surface area (Å²) in [5, 5.41) is 8.93. The van der Waals surface area contributed by atoms with E-state index in [1.165, 1.54) is 25.7 Å². The summed E-state index contributed by atoms with van der Waals surface area (Å²) in [6, 6.07) is 0. The van der Waals surface area contributed by atoms with Crippen molar-refractivity contribution < 1.29 is 9.59 Å². The van der Waals surface area contributed by atoms with Gasteiger partial charge in [0.25, 0.3) is 0 Å². The topological polar surface area (TPSA) is 71.3 Å². The van der Waals surface area contributed by atoms with Crippen LogP contribution < -0.4 is 0 Å². The molecule has 0 bridgehead atoms. The molecular weight excluding hydrogens is 342 g/mol. The van der Waals surface area contributed by atoms with E-state index in [2.05, 4.69) is 14.8 Å². The van der Waals surface area contributed by atoms with Crippen LogP contribution in [0.25, 0.3) is 0 Å². The van der Waals surface area contributed by atoms with Crippen molar-refractivity contribution in [1.82, 2.24) is 24.6 Å². The zero-order valence-electron chi connectivity index (χ0n) is 16.4. The molecule has 7 heteroatoms. The largest absolute Gasteiger partial charge is 0.343 e. The van der Waals surface area contributed by atoms with Crippen LogP contribution in [0, 0.1) is 5.92 Å². The van der Waals surface area contributed by atoms with Crippen molar-refractivity contribution in [2.45, 2.75) is 70.8 Å². The maximum Gasteiger partial charge on any atom is 0.222 e. The van der Waals surface area contributed by atoms with E-state index in [0.29, 0.717) is 17.7 Å². The molecule has 1 saturated heterocycles. The number of aromatic nitrogens is 3. The fourth-order valence-corrected chi connectivity index (χ4v) is 4.94. The van der Waals surface area contributed by atoms with Gasteiger partial charge in [-0.3, -0.25) is 9.59 Å². The van der Waals surface area contributed by atoms with Crippen LogP contribution in [0.15, 0.2) is 0 Å². The van der Waals surface area contributed by atoms with Crippen molar-refractivity contribution in [1.29, 1.82) is 0 Å². The van der Waals surface area contributed by atoms with Crippen LogP contribution >= 0.6 is 0 Å². The van der Waals surface area contributed by atoms with Gasteiger partial charge < -0.3 is 14.4 Å². The molecule has 1 aromatic rings. The molecule has 0 radical (unpaired) electrons. The van der Waals surface area contributed by atoms with Crippen LogP contribution in [0.2, 0.25) is 0 Å². The number of likely N-dealkylation sites (tertiary alicyclic amines) is 1. The lowest BCUT2D eigenvalue weighted by molar-refractivity contribution is -0.132. The fourth-order valence-electron chi connectivity index (χ4n) is 4.94. The highest BCUT2D eigenvalue weighted by Crippen LogP contribution is 2.30. The normalized spacial score (nSPS) is 22.0. The number of carbonyl (C=O) groups excluding carboxylic acids is 2. The Hall–Kier alpha value is -1.92. The molecule has 7 nitrogen and oxygen atoms in total. The molecule has 148 valence electrons. The molecule has 0 N–H and O–H groups in total. The SMILES string of the molecule is CC(=O)N1CCC(c2nnc3n2CCN(C(=O)CC2CCCC2)CC3)CC1. The van der Waals surface area contributed by atoms with E-state index in [4.69, 9.17) is 0 Å². The molecule has 2 aliphatic heterocycles. The third-order valence-corrected chi connectivity index (χ3v) is 6.65. The summed E-state index contributed by atoms with van der Waals surface area (Å²) in [7, 11) is 0. The summed E-state index contributed by atoms with van der Waals surface area (Å²) in [5.41, 5.74) is 0. The maximum atomic E-state index is 12.7. The maximum absolute atomic E-state index is 12.7. The predicted molar refractivity (Wildman–Crippen MR) is 101 cm³/mol. The lowest BCUT2D eigenvalue weighted by Crippen LogP contribution is -2.37. The molecule has 27 heavy (non-hydrogen) atoms. The Morgan fingerprint density at radius 2 is 1.67 bits per heavy atom. The van der Waals surface area contributed by atoms with Gasteiger partial charge in [0.05, 0.1) is 0 Å². The van der Waals surface area contributed by atoms with Crippen molar-refractivity contribution in [2.75, 3.05) is 26.2 Å². The van der Waals surface area contributed by atoms with Gasteiger partial charge in [0, 0.05) is 58.4 Å². The molecule has 2 fully saturated rings. The lowest BCUT2D eigenvalue weighted by atomic mass is 9.96. The van der Waals surface area contributed by atoms with Crippen molar-refractivity contribution >= 4 is 11.8 Å². The Morgan fingerprint density at radius 3 is 2.37 bits per heavy atom. The highest BCUT2D eigenvalue weighted by molar-refractivity contribution is 5.76. The average molecular weight is 374 g/mol. The molecule has 0 unspecified atom stereocenters. The van der Waals surface area contributed by atoms with Crippen LogP contribution in [0.1, 0.15) is 69.4 Å². The number of rotatable bonds is 3. The van der Waals surface area contributed by atoms with E-state index in [1.807, 2.05) is 9.80 Å². The van der Waals surface area contributed by atoms with E-state index in [-0.39, 0.29) is 5.91 Å². The summed E-state index contributed by atoms with van der Waals surface area (Å²) >= 11 is 0. The third kappa shape index (κ3) is 4.01. The number of hydrogen-bond acceptors (Lipinski definition) is 4. The van der Waals surface area contributed by atoms with Gasteiger partial charge >= 0.3 is 0 Å². The average Bonchev–Trinajstić information content (AvgIpc) is 3.27. The van der Waals surface area contributed by atoms with Crippen LogP contribution in [0.5, 0.6) is 0 Å². The zero-order chi connectivity index (χ0) is 18.8. The Morgan fingerprint density at radius 1 is 0.926 bits per heavy atom. The second-order valence-corrected chi connectivity index (χ2v) is 8.39. The van der Waals surface area contributed by atoms with Gasteiger partial charge in [0.1, 0.15) is 11.6 Å². The molecule has 1 saturated carbocycles. The molecule has 4 rings (SSSR count). The molecule has 0 aromatic carbocycles. The number of carbonyl (C=O) groups is 2. The van der Waals surface area contributed by atoms with Gasteiger partial charge in [-0.1, -0.05) is 12.8 Å². The molecule has 2 amide bonds. The Kier molecular flexibility index (Phi) is 5.45.